The van der Waals surface area contributed by atoms with Crippen molar-refractivity contribution in [2.75, 3.05) is 13.1 Å². The van der Waals surface area contributed by atoms with E-state index < -0.39 is 0 Å². The molecular weight excluding hydrogens is 204 g/mol. The van der Waals surface area contributed by atoms with E-state index in [9.17, 15) is 0 Å². The molecule has 82 valence electrons. The Morgan fingerprint density at radius 1 is 1.25 bits per heavy atom. The first-order chi connectivity index (χ1) is 7.93. The molecule has 0 spiro atoms. The molecule has 0 bridgehead atoms. The number of nitrogens with zero attached hydrogens (tertiary/aromatic N) is 3. The first kappa shape index (κ1) is 9.47. The summed E-state index contributed by atoms with van der Waals surface area (Å²) in [6, 6.07) is 3.73. The lowest BCUT2D eigenvalue weighted by atomic mass is 10.1. The third-order valence-corrected chi connectivity index (χ3v) is 2.78. The Morgan fingerprint density at radius 3 is 2.88 bits per heavy atom. The highest BCUT2D eigenvalue weighted by Gasteiger charge is 2.22. The topological polar surface area (TPSA) is 63.8 Å². The van der Waals surface area contributed by atoms with Gasteiger partial charge in [0.1, 0.15) is 0 Å². The van der Waals surface area contributed by atoms with Crippen LogP contribution in [0.4, 0.5) is 0 Å². The maximum absolute atomic E-state index is 5.66. The van der Waals surface area contributed by atoms with Gasteiger partial charge in [-0.3, -0.25) is 4.98 Å². The Balaban J connectivity index is 1.87. The van der Waals surface area contributed by atoms with E-state index >= 15 is 0 Å². The van der Waals surface area contributed by atoms with Crippen molar-refractivity contribution in [3.63, 3.8) is 0 Å². The second kappa shape index (κ2) is 4.02. The molecule has 1 saturated heterocycles. The molecule has 0 radical (unpaired) electrons. The summed E-state index contributed by atoms with van der Waals surface area (Å²) >= 11 is 0. The molecule has 16 heavy (non-hydrogen) atoms. The lowest BCUT2D eigenvalue weighted by Gasteiger charge is -1.99. The van der Waals surface area contributed by atoms with Crippen LogP contribution in [-0.4, -0.2) is 28.3 Å². The quantitative estimate of drug-likeness (QED) is 0.817. The molecule has 0 unspecified atom stereocenters. The lowest BCUT2D eigenvalue weighted by molar-refractivity contribution is 0.467. The van der Waals surface area contributed by atoms with Crippen molar-refractivity contribution in [1.29, 1.82) is 0 Å². The molecule has 0 saturated carbocycles. The highest BCUT2D eigenvalue weighted by Crippen LogP contribution is 2.24. The minimum Gasteiger partial charge on any atom is -0.420 e. The Hall–Kier alpha value is -1.75. The normalized spacial score (nSPS) is 20.1. The maximum Gasteiger partial charge on any atom is 0.247 e. The Labute approximate surface area is 92.9 Å². The molecule has 1 atom stereocenters. The average Bonchev–Trinajstić information content (AvgIpc) is 3.01. The zero-order valence-corrected chi connectivity index (χ0v) is 8.76. The van der Waals surface area contributed by atoms with Crippen molar-refractivity contribution in [2.45, 2.75) is 12.3 Å². The van der Waals surface area contributed by atoms with Crippen LogP contribution in [0.2, 0.25) is 0 Å². The predicted octanol–water partition coefficient (Wildman–Crippen LogP) is 1.21. The summed E-state index contributed by atoms with van der Waals surface area (Å²) in [4.78, 5) is 3.96. The highest BCUT2D eigenvalue weighted by atomic mass is 16.4. The summed E-state index contributed by atoms with van der Waals surface area (Å²) in [6.07, 6.45) is 4.50. The third-order valence-electron chi connectivity index (χ3n) is 2.78. The minimum absolute atomic E-state index is 0.364. The fourth-order valence-electron chi connectivity index (χ4n) is 1.88. The van der Waals surface area contributed by atoms with Crippen molar-refractivity contribution >= 4 is 0 Å². The average molecular weight is 216 g/mol. The van der Waals surface area contributed by atoms with E-state index in [-0.39, 0.29) is 0 Å². The summed E-state index contributed by atoms with van der Waals surface area (Å²) in [5.74, 6) is 1.67. The second-order valence-corrected chi connectivity index (χ2v) is 3.87. The van der Waals surface area contributed by atoms with Gasteiger partial charge in [0.25, 0.3) is 0 Å². The molecule has 0 amide bonds. The van der Waals surface area contributed by atoms with E-state index in [0.29, 0.717) is 11.8 Å². The van der Waals surface area contributed by atoms with E-state index in [0.717, 1.165) is 31.0 Å². The van der Waals surface area contributed by atoms with Gasteiger partial charge in [-0.05, 0) is 25.1 Å². The molecule has 0 aromatic carbocycles. The van der Waals surface area contributed by atoms with Crippen LogP contribution in [0.25, 0.3) is 11.5 Å². The zero-order valence-electron chi connectivity index (χ0n) is 8.76. The van der Waals surface area contributed by atoms with Crippen molar-refractivity contribution in [3.05, 3.63) is 30.4 Å². The van der Waals surface area contributed by atoms with Gasteiger partial charge in [0, 0.05) is 24.5 Å². The van der Waals surface area contributed by atoms with Crippen LogP contribution in [0.15, 0.2) is 28.9 Å². The lowest BCUT2D eigenvalue weighted by Crippen LogP contribution is -2.08. The fraction of sp³-hybridized carbons (Fsp3) is 0.364. The Bertz CT molecular complexity index is 462. The first-order valence-corrected chi connectivity index (χ1v) is 5.38. The number of aromatic nitrogens is 3. The van der Waals surface area contributed by atoms with E-state index in [1.807, 2.05) is 12.1 Å². The molecule has 3 rings (SSSR count). The van der Waals surface area contributed by atoms with Crippen LogP contribution in [0, 0.1) is 0 Å². The SMILES string of the molecule is c1cc(-c2nnc([C@H]3CCNC3)o2)ccn1. The van der Waals surface area contributed by atoms with Crippen LogP contribution in [0.5, 0.6) is 0 Å². The molecule has 5 nitrogen and oxygen atoms in total. The molecule has 2 aromatic heterocycles. The molecule has 3 heterocycles. The van der Waals surface area contributed by atoms with Crippen LogP contribution in [-0.2, 0) is 0 Å². The van der Waals surface area contributed by atoms with Gasteiger partial charge in [-0.1, -0.05) is 0 Å². The van der Waals surface area contributed by atoms with Gasteiger partial charge < -0.3 is 9.73 Å². The van der Waals surface area contributed by atoms with Gasteiger partial charge in [0.15, 0.2) is 0 Å². The molecule has 1 aliphatic heterocycles. The third kappa shape index (κ3) is 1.69. The summed E-state index contributed by atoms with van der Waals surface area (Å²) in [5, 5.41) is 11.4. The van der Waals surface area contributed by atoms with Gasteiger partial charge >= 0.3 is 0 Å². The van der Waals surface area contributed by atoms with E-state index in [2.05, 4.69) is 20.5 Å². The van der Waals surface area contributed by atoms with Gasteiger partial charge in [-0.2, -0.15) is 0 Å². The molecule has 2 aromatic rings. The summed E-state index contributed by atoms with van der Waals surface area (Å²) in [7, 11) is 0. The smallest absolute Gasteiger partial charge is 0.247 e. The molecule has 1 N–H and O–H groups in total. The van der Waals surface area contributed by atoms with Crippen LogP contribution in [0.1, 0.15) is 18.2 Å². The predicted molar refractivity (Wildman–Crippen MR) is 57.8 cm³/mol. The van der Waals surface area contributed by atoms with Crippen molar-refractivity contribution in [3.8, 4) is 11.5 Å². The van der Waals surface area contributed by atoms with E-state index in [4.69, 9.17) is 4.42 Å². The number of hydrogen-bond acceptors (Lipinski definition) is 5. The van der Waals surface area contributed by atoms with Gasteiger partial charge in [0.2, 0.25) is 11.8 Å². The zero-order chi connectivity index (χ0) is 10.8. The van der Waals surface area contributed by atoms with E-state index in [1.54, 1.807) is 12.4 Å². The molecule has 1 aliphatic rings. The largest absolute Gasteiger partial charge is 0.420 e. The minimum atomic E-state index is 0.364. The van der Waals surface area contributed by atoms with E-state index in [1.165, 1.54) is 0 Å². The van der Waals surface area contributed by atoms with Crippen LogP contribution >= 0.6 is 0 Å². The molecule has 0 aliphatic carbocycles. The number of pyridine rings is 1. The monoisotopic (exact) mass is 216 g/mol. The number of nitrogens with one attached hydrogen (secondary N) is 1. The van der Waals surface area contributed by atoms with Crippen molar-refractivity contribution in [2.24, 2.45) is 0 Å². The summed E-state index contributed by atoms with van der Waals surface area (Å²) < 4.78 is 5.66. The van der Waals surface area contributed by atoms with Gasteiger partial charge in [0.05, 0.1) is 5.92 Å². The van der Waals surface area contributed by atoms with Crippen LogP contribution < -0.4 is 5.32 Å². The van der Waals surface area contributed by atoms with Crippen LogP contribution in [0.3, 0.4) is 0 Å². The van der Waals surface area contributed by atoms with Gasteiger partial charge in [-0.15, -0.1) is 10.2 Å². The molecule has 5 heteroatoms. The summed E-state index contributed by atoms with van der Waals surface area (Å²) in [6.45, 7) is 1.95. The molecule has 1 fully saturated rings. The van der Waals surface area contributed by atoms with Crippen molar-refractivity contribution < 1.29 is 4.42 Å². The number of hydrogen-bond donors (Lipinski definition) is 1. The first-order valence-electron chi connectivity index (χ1n) is 5.38. The second-order valence-electron chi connectivity index (χ2n) is 3.87. The Morgan fingerprint density at radius 2 is 2.12 bits per heavy atom. The Kier molecular flexibility index (Phi) is 2.38. The number of rotatable bonds is 2. The van der Waals surface area contributed by atoms with Crippen molar-refractivity contribution in [1.82, 2.24) is 20.5 Å². The van der Waals surface area contributed by atoms with Gasteiger partial charge in [-0.25, -0.2) is 0 Å². The fourth-order valence-corrected chi connectivity index (χ4v) is 1.88. The summed E-state index contributed by atoms with van der Waals surface area (Å²) in [5.41, 5.74) is 0.916. The molecular formula is C11H12N4O. The maximum atomic E-state index is 5.66. The highest BCUT2D eigenvalue weighted by molar-refractivity contribution is 5.50. The standard InChI is InChI=1S/C11H12N4O/c1-4-12-5-2-8(1)10-14-15-11(16-10)9-3-6-13-7-9/h1-2,4-5,9,13H,3,6-7H2/t9-/m0/s1.